The summed E-state index contributed by atoms with van der Waals surface area (Å²) in [7, 11) is 0. The second-order valence-corrected chi connectivity index (χ2v) is 4.45. The second-order valence-electron chi connectivity index (χ2n) is 4.45. The van der Waals surface area contributed by atoms with Crippen molar-refractivity contribution in [3.05, 3.63) is 18.2 Å². The Hall–Kier alpha value is -0.830. The maximum Gasteiger partial charge on any atom is 0.0951 e. The number of nitrogens with zero attached hydrogens (tertiary/aromatic N) is 2. The number of rotatable bonds is 1. The van der Waals surface area contributed by atoms with Gasteiger partial charge in [-0.2, -0.15) is 0 Å². The highest BCUT2D eigenvalue weighted by molar-refractivity contribution is 5.06. The topological polar surface area (TPSA) is 29.9 Å². The van der Waals surface area contributed by atoms with Gasteiger partial charge in [-0.3, -0.25) is 0 Å². The minimum absolute atomic E-state index is 0.670. The van der Waals surface area contributed by atoms with Gasteiger partial charge >= 0.3 is 0 Å². The average molecular weight is 191 g/mol. The molecule has 0 amide bonds. The van der Waals surface area contributed by atoms with Crippen LogP contribution in [-0.4, -0.2) is 22.1 Å². The standard InChI is InChI=1S/C11H17N3/c1-3-9-7-12-8-14(9)11(5-1)10-4-2-6-13-10/h7-8,10-11,13H,1-6H2. The molecular formula is C11H17N3. The van der Waals surface area contributed by atoms with Crippen molar-refractivity contribution in [1.29, 1.82) is 0 Å². The van der Waals surface area contributed by atoms with Gasteiger partial charge in [0.25, 0.3) is 0 Å². The summed E-state index contributed by atoms with van der Waals surface area (Å²) in [4.78, 5) is 4.26. The predicted octanol–water partition coefficient (Wildman–Crippen LogP) is 1.51. The summed E-state index contributed by atoms with van der Waals surface area (Å²) < 4.78 is 2.40. The van der Waals surface area contributed by atoms with Crippen molar-refractivity contribution >= 4 is 0 Å². The van der Waals surface area contributed by atoms with E-state index in [1.54, 1.807) is 0 Å². The average Bonchev–Trinajstić information content (AvgIpc) is 2.88. The molecule has 0 saturated carbocycles. The lowest BCUT2D eigenvalue weighted by atomic mass is 9.96. The van der Waals surface area contributed by atoms with Crippen LogP contribution in [0.2, 0.25) is 0 Å². The maximum absolute atomic E-state index is 4.26. The van der Waals surface area contributed by atoms with E-state index in [-0.39, 0.29) is 0 Å². The first kappa shape index (κ1) is 8.48. The molecule has 2 aliphatic heterocycles. The molecule has 3 nitrogen and oxygen atoms in total. The summed E-state index contributed by atoms with van der Waals surface area (Å²) >= 11 is 0. The second kappa shape index (κ2) is 3.39. The fourth-order valence-electron chi connectivity index (χ4n) is 2.89. The lowest BCUT2D eigenvalue weighted by Crippen LogP contribution is -2.34. The molecule has 1 saturated heterocycles. The Morgan fingerprint density at radius 2 is 2.36 bits per heavy atom. The highest BCUT2D eigenvalue weighted by atomic mass is 15.1. The van der Waals surface area contributed by atoms with E-state index in [1.807, 2.05) is 12.5 Å². The van der Waals surface area contributed by atoms with Crippen LogP contribution in [-0.2, 0) is 6.42 Å². The quantitative estimate of drug-likeness (QED) is 0.729. The van der Waals surface area contributed by atoms with E-state index in [0.29, 0.717) is 12.1 Å². The van der Waals surface area contributed by atoms with Crippen molar-refractivity contribution < 1.29 is 0 Å². The molecule has 0 radical (unpaired) electrons. The van der Waals surface area contributed by atoms with E-state index < -0.39 is 0 Å². The first-order valence-electron chi connectivity index (χ1n) is 5.69. The molecule has 3 heteroatoms. The smallest absolute Gasteiger partial charge is 0.0951 e. The zero-order valence-corrected chi connectivity index (χ0v) is 8.45. The Labute approximate surface area is 84.5 Å². The van der Waals surface area contributed by atoms with Gasteiger partial charge in [-0.05, 0) is 38.6 Å². The first-order chi connectivity index (χ1) is 6.95. The summed E-state index contributed by atoms with van der Waals surface area (Å²) in [5.74, 6) is 0. The molecule has 0 aromatic carbocycles. The largest absolute Gasteiger partial charge is 0.330 e. The highest BCUT2D eigenvalue weighted by Crippen LogP contribution is 2.30. The van der Waals surface area contributed by atoms with E-state index in [1.165, 1.54) is 44.3 Å². The van der Waals surface area contributed by atoms with Gasteiger partial charge in [0.1, 0.15) is 0 Å². The van der Waals surface area contributed by atoms with Gasteiger partial charge in [0.2, 0.25) is 0 Å². The van der Waals surface area contributed by atoms with Gasteiger partial charge in [-0.25, -0.2) is 4.98 Å². The van der Waals surface area contributed by atoms with Crippen LogP contribution in [0.3, 0.4) is 0 Å². The lowest BCUT2D eigenvalue weighted by molar-refractivity contribution is 0.320. The summed E-state index contributed by atoms with van der Waals surface area (Å²) in [5, 5.41) is 3.61. The van der Waals surface area contributed by atoms with Gasteiger partial charge in [-0.15, -0.1) is 0 Å². The molecule has 0 bridgehead atoms. The van der Waals surface area contributed by atoms with E-state index in [0.717, 1.165) is 0 Å². The van der Waals surface area contributed by atoms with E-state index in [2.05, 4.69) is 14.9 Å². The van der Waals surface area contributed by atoms with Crippen LogP contribution in [0.4, 0.5) is 0 Å². The number of fused-ring (bicyclic) bond motifs is 1. The number of nitrogens with one attached hydrogen (secondary N) is 1. The lowest BCUT2D eigenvalue weighted by Gasteiger charge is -2.30. The van der Waals surface area contributed by atoms with Gasteiger partial charge in [0, 0.05) is 17.9 Å². The maximum atomic E-state index is 4.26. The van der Waals surface area contributed by atoms with Crippen molar-refractivity contribution in [2.75, 3.05) is 6.54 Å². The predicted molar refractivity (Wildman–Crippen MR) is 55.2 cm³/mol. The summed E-state index contributed by atoms with van der Waals surface area (Å²) in [5.41, 5.74) is 1.43. The third-order valence-electron chi connectivity index (χ3n) is 3.60. The molecular weight excluding hydrogens is 174 g/mol. The Morgan fingerprint density at radius 3 is 3.21 bits per heavy atom. The summed E-state index contributed by atoms with van der Waals surface area (Å²) in [6.45, 7) is 1.20. The fraction of sp³-hybridized carbons (Fsp3) is 0.727. The van der Waals surface area contributed by atoms with Gasteiger partial charge in [-0.1, -0.05) is 0 Å². The van der Waals surface area contributed by atoms with Gasteiger partial charge in [0.15, 0.2) is 0 Å². The Kier molecular flexibility index (Phi) is 2.05. The Bertz CT molecular complexity index is 312. The highest BCUT2D eigenvalue weighted by Gasteiger charge is 2.28. The molecule has 1 aromatic heterocycles. The van der Waals surface area contributed by atoms with Crippen LogP contribution in [0, 0.1) is 0 Å². The Morgan fingerprint density at radius 1 is 1.36 bits per heavy atom. The van der Waals surface area contributed by atoms with Crippen LogP contribution in [0.25, 0.3) is 0 Å². The van der Waals surface area contributed by atoms with Crippen LogP contribution in [0.5, 0.6) is 0 Å². The molecule has 1 N–H and O–H groups in total. The molecule has 1 fully saturated rings. The van der Waals surface area contributed by atoms with Gasteiger partial charge < -0.3 is 9.88 Å². The van der Waals surface area contributed by atoms with E-state index in [4.69, 9.17) is 0 Å². The van der Waals surface area contributed by atoms with Crippen molar-refractivity contribution in [3.63, 3.8) is 0 Å². The van der Waals surface area contributed by atoms with Crippen molar-refractivity contribution in [2.45, 2.75) is 44.2 Å². The minimum atomic E-state index is 0.670. The summed E-state index contributed by atoms with van der Waals surface area (Å²) in [6, 6.07) is 1.37. The number of imidazole rings is 1. The molecule has 76 valence electrons. The van der Waals surface area contributed by atoms with Crippen molar-refractivity contribution in [2.24, 2.45) is 0 Å². The molecule has 1 aromatic rings. The SMILES string of the molecule is c1ncn2c1CCCC2C1CCCN1. The molecule has 2 atom stereocenters. The van der Waals surface area contributed by atoms with Crippen LogP contribution >= 0.6 is 0 Å². The third kappa shape index (κ3) is 1.27. The number of hydrogen-bond acceptors (Lipinski definition) is 2. The van der Waals surface area contributed by atoms with Crippen LogP contribution in [0.1, 0.15) is 37.4 Å². The number of hydrogen-bond donors (Lipinski definition) is 1. The molecule has 3 rings (SSSR count). The summed E-state index contributed by atoms with van der Waals surface area (Å²) in [6.07, 6.45) is 10.6. The van der Waals surface area contributed by atoms with Crippen molar-refractivity contribution in [3.8, 4) is 0 Å². The molecule has 14 heavy (non-hydrogen) atoms. The van der Waals surface area contributed by atoms with Crippen LogP contribution in [0.15, 0.2) is 12.5 Å². The molecule has 2 aliphatic rings. The molecule has 2 unspecified atom stereocenters. The Balaban J connectivity index is 1.88. The van der Waals surface area contributed by atoms with E-state index in [9.17, 15) is 0 Å². The van der Waals surface area contributed by atoms with E-state index >= 15 is 0 Å². The molecule has 0 aliphatic carbocycles. The molecule has 3 heterocycles. The fourth-order valence-corrected chi connectivity index (χ4v) is 2.89. The first-order valence-corrected chi connectivity index (χ1v) is 5.69. The van der Waals surface area contributed by atoms with Crippen molar-refractivity contribution in [1.82, 2.24) is 14.9 Å². The number of aromatic nitrogens is 2. The van der Waals surface area contributed by atoms with Gasteiger partial charge in [0.05, 0.1) is 12.4 Å². The zero-order chi connectivity index (χ0) is 9.38. The van der Waals surface area contributed by atoms with Crippen LogP contribution < -0.4 is 5.32 Å². The number of aryl methyl sites for hydroxylation is 1. The molecule has 0 spiro atoms. The third-order valence-corrected chi connectivity index (χ3v) is 3.60. The zero-order valence-electron chi connectivity index (χ0n) is 8.45. The monoisotopic (exact) mass is 191 g/mol. The normalized spacial score (nSPS) is 31.7. The minimum Gasteiger partial charge on any atom is -0.330 e.